The van der Waals surface area contributed by atoms with Gasteiger partial charge in [-0.3, -0.25) is 14.5 Å². The normalized spacial score (nSPS) is 20.4. The number of piperidine rings is 1. The number of nitrogens with one attached hydrogen (secondary N) is 1. The van der Waals surface area contributed by atoms with Crippen LogP contribution in [0.1, 0.15) is 37.3 Å². The zero-order valence-corrected chi connectivity index (χ0v) is 14.6. The summed E-state index contributed by atoms with van der Waals surface area (Å²) < 4.78 is 0. The van der Waals surface area contributed by atoms with Crippen LogP contribution in [0.5, 0.6) is 0 Å². The van der Waals surface area contributed by atoms with Gasteiger partial charge in [0.05, 0.1) is 0 Å². The van der Waals surface area contributed by atoms with Crippen molar-refractivity contribution in [3.8, 4) is 0 Å². The molecule has 0 unspecified atom stereocenters. The number of hydrogen-bond donors (Lipinski definition) is 1. The van der Waals surface area contributed by atoms with Crippen molar-refractivity contribution < 1.29 is 9.59 Å². The minimum absolute atomic E-state index is 0.0826. The Labute approximate surface area is 144 Å². The molecule has 1 atom stereocenters. The lowest BCUT2D eigenvalue weighted by atomic mass is 9.93. The zero-order valence-electron chi connectivity index (χ0n) is 14.6. The second-order valence-corrected chi connectivity index (χ2v) is 7.14. The van der Waals surface area contributed by atoms with Gasteiger partial charge in [-0.05, 0) is 44.3 Å². The highest BCUT2D eigenvalue weighted by molar-refractivity contribution is 5.84. The average molecular weight is 329 g/mol. The molecule has 2 aliphatic rings. The molecule has 2 fully saturated rings. The maximum atomic E-state index is 12.8. The van der Waals surface area contributed by atoms with Gasteiger partial charge in [0.25, 0.3) is 0 Å². The second-order valence-electron chi connectivity index (χ2n) is 7.14. The molecular formula is C19H27N3O2. The molecule has 3 rings (SSSR count). The van der Waals surface area contributed by atoms with Crippen molar-refractivity contribution in [1.29, 1.82) is 0 Å². The first-order valence-electron chi connectivity index (χ1n) is 8.87. The van der Waals surface area contributed by atoms with Gasteiger partial charge < -0.3 is 10.2 Å². The van der Waals surface area contributed by atoms with Crippen LogP contribution >= 0.6 is 0 Å². The van der Waals surface area contributed by atoms with Gasteiger partial charge in [-0.2, -0.15) is 0 Å². The summed E-state index contributed by atoms with van der Waals surface area (Å²) in [5.74, 6) is 0.383. The van der Waals surface area contributed by atoms with Crippen molar-refractivity contribution in [2.24, 2.45) is 5.92 Å². The highest BCUT2D eigenvalue weighted by atomic mass is 16.2. The first kappa shape index (κ1) is 17.0. The second kappa shape index (κ2) is 7.34. The molecule has 0 bridgehead atoms. The van der Waals surface area contributed by atoms with Crippen molar-refractivity contribution in [3.63, 3.8) is 0 Å². The van der Waals surface area contributed by atoms with Crippen molar-refractivity contribution >= 4 is 11.8 Å². The number of rotatable bonds is 5. The molecular weight excluding hydrogens is 302 g/mol. The number of benzene rings is 1. The molecule has 5 heteroatoms. The van der Waals surface area contributed by atoms with Gasteiger partial charge in [-0.1, -0.05) is 30.3 Å². The molecule has 1 N–H and O–H groups in total. The molecule has 1 saturated carbocycles. The number of likely N-dealkylation sites (tertiary alicyclic amines) is 1. The number of nitrogens with zero attached hydrogens (tertiary/aromatic N) is 2. The van der Waals surface area contributed by atoms with Crippen LogP contribution in [0.3, 0.4) is 0 Å². The largest absolute Gasteiger partial charge is 0.352 e. The van der Waals surface area contributed by atoms with E-state index in [1.807, 2.05) is 44.4 Å². The van der Waals surface area contributed by atoms with Gasteiger partial charge in [0.1, 0.15) is 6.04 Å². The highest BCUT2D eigenvalue weighted by Crippen LogP contribution is 2.29. The predicted octanol–water partition coefficient (Wildman–Crippen LogP) is 1.81. The summed E-state index contributed by atoms with van der Waals surface area (Å²) in [6.45, 7) is 1.56. The molecule has 0 radical (unpaired) electrons. The van der Waals surface area contributed by atoms with Crippen molar-refractivity contribution in [2.75, 3.05) is 27.2 Å². The third-order valence-electron chi connectivity index (χ3n) is 4.97. The minimum Gasteiger partial charge on any atom is -0.352 e. The van der Waals surface area contributed by atoms with Crippen LogP contribution in [0.4, 0.5) is 0 Å². The fourth-order valence-electron chi connectivity index (χ4n) is 3.44. The number of hydrogen-bond acceptors (Lipinski definition) is 3. The third-order valence-corrected chi connectivity index (χ3v) is 4.97. The lowest BCUT2D eigenvalue weighted by Crippen LogP contribution is -2.46. The Morgan fingerprint density at radius 2 is 1.71 bits per heavy atom. The quantitative estimate of drug-likeness (QED) is 0.896. The summed E-state index contributed by atoms with van der Waals surface area (Å²) in [5.41, 5.74) is 1.04. The van der Waals surface area contributed by atoms with Crippen LogP contribution in [0.2, 0.25) is 0 Å². The minimum atomic E-state index is -0.248. The molecule has 1 aromatic carbocycles. The maximum Gasteiger partial charge on any atom is 0.242 e. The molecule has 0 spiro atoms. The molecule has 1 aliphatic carbocycles. The SMILES string of the molecule is CN(C)C(=O)C1CCN([C@H](C(=O)NC2CC2)c2ccccc2)CC1. The fraction of sp³-hybridized carbons (Fsp3) is 0.579. The molecule has 1 saturated heterocycles. The smallest absolute Gasteiger partial charge is 0.242 e. The van der Waals surface area contributed by atoms with E-state index in [1.165, 1.54) is 0 Å². The topological polar surface area (TPSA) is 52.7 Å². The zero-order chi connectivity index (χ0) is 17.1. The molecule has 24 heavy (non-hydrogen) atoms. The van der Waals surface area contributed by atoms with Crippen LogP contribution in [0, 0.1) is 5.92 Å². The Balaban J connectivity index is 1.70. The van der Waals surface area contributed by atoms with Crippen LogP contribution in [-0.2, 0) is 9.59 Å². The number of carbonyl (C=O) groups excluding carboxylic acids is 2. The first-order chi connectivity index (χ1) is 11.6. The summed E-state index contributed by atoms with van der Waals surface area (Å²) >= 11 is 0. The van der Waals surface area contributed by atoms with Gasteiger partial charge >= 0.3 is 0 Å². The summed E-state index contributed by atoms with van der Waals surface area (Å²) in [5, 5.41) is 3.15. The van der Waals surface area contributed by atoms with Crippen LogP contribution in [-0.4, -0.2) is 54.8 Å². The molecule has 1 aliphatic heterocycles. The average Bonchev–Trinajstić information content (AvgIpc) is 3.40. The predicted molar refractivity (Wildman–Crippen MR) is 93.3 cm³/mol. The van der Waals surface area contributed by atoms with Crippen LogP contribution in [0.15, 0.2) is 30.3 Å². The molecule has 1 heterocycles. The molecule has 1 aromatic rings. The van der Waals surface area contributed by atoms with Crippen molar-refractivity contribution in [3.05, 3.63) is 35.9 Å². The third kappa shape index (κ3) is 3.96. The lowest BCUT2D eigenvalue weighted by Gasteiger charge is -2.37. The van der Waals surface area contributed by atoms with E-state index in [0.717, 1.165) is 44.3 Å². The fourth-order valence-corrected chi connectivity index (χ4v) is 3.44. The Hall–Kier alpha value is -1.88. The number of amides is 2. The van der Waals surface area contributed by atoms with Gasteiger partial charge in [0.2, 0.25) is 11.8 Å². The number of carbonyl (C=O) groups is 2. The summed E-state index contributed by atoms with van der Waals surface area (Å²) in [7, 11) is 3.62. The molecule has 0 aromatic heterocycles. The standard InChI is InChI=1S/C19H27N3O2/c1-21(2)19(24)15-10-12-22(13-11-15)17(14-6-4-3-5-7-14)18(23)20-16-8-9-16/h3-7,15-17H,8-13H2,1-2H3,(H,20,23)/t17-/m0/s1. The monoisotopic (exact) mass is 329 g/mol. The Bertz CT molecular complexity index is 576. The summed E-state index contributed by atoms with van der Waals surface area (Å²) in [6.07, 6.45) is 3.81. The van der Waals surface area contributed by atoms with Gasteiger partial charge in [-0.25, -0.2) is 0 Å². The Morgan fingerprint density at radius 1 is 1.08 bits per heavy atom. The van der Waals surface area contributed by atoms with Gasteiger partial charge in [0.15, 0.2) is 0 Å². The van der Waals surface area contributed by atoms with E-state index in [2.05, 4.69) is 10.2 Å². The van der Waals surface area contributed by atoms with E-state index >= 15 is 0 Å². The highest BCUT2D eigenvalue weighted by Gasteiger charge is 2.35. The van der Waals surface area contributed by atoms with Crippen LogP contribution in [0.25, 0.3) is 0 Å². The van der Waals surface area contributed by atoms with Crippen molar-refractivity contribution in [2.45, 2.75) is 37.8 Å². The van der Waals surface area contributed by atoms with E-state index in [0.29, 0.717) is 6.04 Å². The van der Waals surface area contributed by atoms with Gasteiger partial charge in [0, 0.05) is 26.1 Å². The molecule has 5 nitrogen and oxygen atoms in total. The van der Waals surface area contributed by atoms with E-state index in [9.17, 15) is 9.59 Å². The van der Waals surface area contributed by atoms with E-state index < -0.39 is 0 Å². The maximum absolute atomic E-state index is 12.8. The summed E-state index contributed by atoms with van der Waals surface area (Å²) in [6, 6.07) is 10.1. The Morgan fingerprint density at radius 3 is 2.25 bits per heavy atom. The van der Waals surface area contributed by atoms with E-state index in [-0.39, 0.29) is 23.8 Å². The van der Waals surface area contributed by atoms with E-state index in [1.54, 1.807) is 4.90 Å². The molecule has 2 amide bonds. The Kier molecular flexibility index (Phi) is 5.19. The van der Waals surface area contributed by atoms with Gasteiger partial charge in [-0.15, -0.1) is 0 Å². The van der Waals surface area contributed by atoms with Crippen LogP contribution < -0.4 is 5.32 Å². The van der Waals surface area contributed by atoms with E-state index in [4.69, 9.17) is 0 Å². The summed E-state index contributed by atoms with van der Waals surface area (Å²) in [4.78, 5) is 28.9. The van der Waals surface area contributed by atoms with Crippen molar-refractivity contribution in [1.82, 2.24) is 15.1 Å². The first-order valence-corrected chi connectivity index (χ1v) is 8.87. The molecule has 130 valence electrons. The lowest BCUT2D eigenvalue weighted by molar-refractivity contribution is -0.135.